The van der Waals surface area contributed by atoms with E-state index in [9.17, 15) is 27.6 Å². The second-order valence-corrected chi connectivity index (χ2v) is 5.21. The lowest BCUT2D eigenvalue weighted by molar-refractivity contribution is -0.142. The molecule has 1 heterocycles. The normalized spacial score (nSPS) is 13.8. The lowest BCUT2D eigenvalue weighted by Crippen LogP contribution is -2.36. The largest absolute Gasteiger partial charge is 0.425 e. The fourth-order valence-corrected chi connectivity index (χ4v) is 2.46. The number of esters is 1. The van der Waals surface area contributed by atoms with Crippen molar-refractivity contribution in [2.45, 2.75) is 6.18 Å². The molecule has 2 aromatic rings. The Bertz CT molecular complexity index is 841. The summed E-state index contributed by atoms with van der Waals surface area (Å²) in [6, 6.07) is 10.2. The summed E-state index contributed by atoms with van der Waals surface area (Å²) in [5.74, 6) is -3.22. The second kappa shape index (κ2) is 6.04. The molecule has 0 saturated carbocycles. The topological polar surface area (TPSA) is 63.7 Å². The van der Waals surface area contributed by atoms with Crippen LogP contribution in [0.25, 0.3) is 0 Å². The number of para-hydroxylation sites is 1. The van der Waals surface area contributed by atoms with Gasteiger partial charge < -0.3 is 4.74 Å². The van der Waals surface area contributed by atoms with Crippen LogP contribution >= 0.6 is 0 Å². The minimum Gasteiger partial charge on any atom is -0.425 e. The van der Waals surface area contributed by atoms with Gasteiger partial charge in [-0.05, 0) is 24.3 Å². The Morgan fingerprint density at radius 1 is 0.920 bits per heavy atom. The highest BCUT2D eigenvalue weighted by atomic mass is 19.4. The van der Waals surface area contributed by atoms with Crippen molar-refractivity contribution in [2.75, 3.05) is 6.54 Å². The molecule has 2 aromatic carbocycles. The highest BCUT2D eigenvalue weighted by molar-refractivity contribution is 6.22. The average Bonchev–Trinajstić information content (AvgIpc) is 2.80. The van der Waals surface area contributed by atoms with Gasteiger partial charge >= 0.3 is 12.1 Å². The minimum absolute atomic E-state index is 0.135. The van der Waals surface area contributed by atoms with Crippen LogP contribution in [0, 0.1) is 0 Å². The van der Waals surface area contributed by atoms with Gasteiger partial charge in [-0.15, -0.1) is 0 Å². The maximum atomic E-state index is 12.9. The average molecular weight is 349 g/mol. The number of nitrogens with zero attached hydrogens (tertiary/aromatic N) is 1. The number of rotatable bonds is 3. The Kier molecular flexibility index (Phi) is 4.03. The van der Waals surface area contributed by atoms with E-state index >= 15 is 0 Å². The van der Waals surface area contributed by atoms with Crippen molar-refractivity contribution in [2.24, 2.45) is 0 Å². The van der Waals surface area contributed by atoms with Gasteiger partial charge in [0.2, 0.25) is 0 Å². The van der Waals surface area contributed by atoms with Crippen molar-refractivity contribution in [3.8, 4) is 5.75 Å². The Hall–Kier alpha value is -3.16. The van der Waals surface area contributed by atoms with Crippen molar-refractivity contribution < 1.29 is 32.3 Å². The van der Waals surface area contributed by atoms with Gasteiger partial charge in [0, 0.05) is 0 Å². The van der Waals surface area contributed by atoms with Crippen LogP contribution in [-0.2, 0) is 11.0 Å². The van der Waals surface area contributed by atoms with Gasteiger partial charge in [-0.2, -0.15) is 13.2 Å². The summed E-state index contributed by atoms with van der Waals surface area (Å²) in [6.07, 6.45) is -4.70. The number of amides is 2. The van der Waals surface area contributed by atoms with Crippen LogP contribution < -0.4 is 4.74 Å². The van der Waals surface area contributed by atoms with Gasteiger partial charge in [0.05, 0.1) is 16.7 Å². The summed E-state index contributed by atoms with van der Waals surface area (Å²) in [4.78, 5) is 36.9. The van der Waals surface area contributed by atoms with E-state index in [0.29, 0.717) is 4.90 Å². The lowest BCUT2D eigenvalue weighted by Gasteiger charge is -2.15. The molecule has 128 valence electrons. The van der Waals surface area contributed by atoms with Crippen LogP contribution in [0.15, 0.2) is 48.5 Å². The molecule has 0 saturated heterocycles. The van der Waals surface area contributed by atoms with Crippen LogP contribution in [0.1, 0.15) is 26.3 Å². The molecule has 0 unspecified atom stereocenters. The lowest BCUT2D eigenvalue weighted by atomic mass is 10.1. The van der Waals surface area contributed by atoms with Crippen LogP contribution in [0.2, 0.25) is 0 Å². The molecule has 25 heavy (non-hydrogen) atoms. The van der Waals surface area contributed by atoms with Crippen LogP contribution in [0.3, 0.4) is 0 Å². The Morgan fingerprint density at radius 3 is 2.00 bits per heavy atom. The van der Waals surface area contributed by atoms with E-state index in [1.165, 1.54) is 18.2 Å². The number of imide groups is 1. The monoisotopic (exact) mass is 349 g/mol. The first-order valence-electron chi connectivity index (χ1n) is 7.11. The van der Waals surface area contributed by atoms with Gasteiger partial charge in [0.15, 0.2) is 0 Å². The summed E-state index contributed by atoms with van der Waals surface area (Å²) in [5.41, 5.74) is -0.849. The molecule has 2 amide bonds. The first kappa shape index (κ1) is 16.7. The Labute approximate surface area is 139 Å². The van der Waals surface area contributed by atoms with E-state index in [0.717, 1.165) is 18.2 Å². The number of carbonyl (C=O) groups is 3. The van der Waals surface area contributed by atoms with Crippen LogP contribution in [-0.4, -0.2) is 29.2 Å². The maximum Gasteiger partial charge on any atom is 0.419 e. The number of ether oxygens (including phenoxy) is 1. The quantitative estimate of drug-likeness (QED) is 0.486. The van der Waals surface area contributed by atoms with Crippen molar-refractivity contribution in [3.63, 3.8) is 0 Å². The molecule has 1 aliphatic rings. The predicted molar refractivity (Wildman–Crippen MR) is 78.9 cm³/mol. The first-order chi connectivity index (χ1) is 11.8. The molecule has 8 heteroatoms. The fraction of sp³-hybridized carbons (Fsp3) is 0.118. The number of fused-ring (bicyclic) bond motifs is 1. The van der Waals surface area contributed by atoms with Gasteiger partial charge in [-0.1, -0.05) is 24.3 Å². The maximum absolute atomic E-state index is 12.9. The van der Waals surface area contributed by atoms with Crippen molar-refractivity contribution in [1.29, 1.82) is 0 Å². The highest BCUT2D eigenvalue weighted by Gasteiger charge is 2.38. The molecule has 3 rings (SSSR count). The molecule has 0 radical (unpaired) electrons. The number of alkyl halides is 3. The molecule has 0 spiro atoms. The summed E-state index contributed by atoms with van der Waals surface area (Å²) in [5, 5.41) is 0. The zero-order valence-corrected chi connectivity index (χ0v) is 12.5. The zero-order chi connectivity index (χ0) is 18.2. The van der Waals surface area contributed by atoms with Crippen LogP contribution in [0.4, 0.5) is 13.2 Å². The van der Waals surface area contributed by atoms with Gasteiger partial charge in [0.1, 0.15) is 12.3 Å². The molecule has 5 nitrogen and oxygen atoms in total. The number of halogens is 3. The third-order valence-electron chi connectivity index (χ3n) is 3.58. The molecule has 0 atom stereocenters. The third kappa shape index (κ3) is 3.10. The van der Waals surface area contributed by atoms with Crippen LogP contribution in [0.5, 0.6) is 5.75 Å². The molecule has 0 aromatic heterocycles. The number of benzene rings is 2. The number of hydrogen-bond donors (Lipinski definition) is 0. The molecule has 0 aliphatic carbocycles. The van der Waals surface area contributed by atoms with Crippen molar-refractivity contribution in [3.05, 3.63) is 65.2 Å². The fourth-order valence-electron chi connectivity index (χ4n) is 2.46. The zero-order valence-electron chi connectivity index (χ0n) is 12.5. The van der Waals surface area contributed by atoms with Gasteiger partial charge in [-0.3, -0.25) is 14.5 Å². The number of hydrogen-bond acceptors (Lipinski definition) is 4. The van der Waals surface area contributed by atoms with Crippen molar-refractivity contribution in [1.82, 2.24) is 4.90 Å². The van der Waals surface area contributed by atoms with E-state index in [-0.39, 0.29) is 11.1 Å². The molecule has 0 bridgehead atoms. The van der Waals surface area contributed by atoms with E-state index in [1.807, 2.05) is 0 Å². The second-order valence-electron chi connectivity index (χ2n) is 5.21. The minimum atomic E-state index is -4.70. The van der Waals surface area contributed by atoms with E-state index in [2.05, 4.69) is 0 Å². The smallest absolute Gasteiger partial charge is 0.419 e. The highest BCUT2D eigenvalue weighted by Crippen LogP contribution is 2.36. The predicted octanol–water partition coefficient (Wildman–Crippen LogP) is 2.91. The summed E-state index contributed by atoms with van der Waals surface area (Å²) < 4.78 is 43.4. The Balaban J connectivity index is 1.77. The molecule has 0 fully saturated rings. The summed E-state index contributed by atoms with van der Waals surface area (Å²) >= 11 is 0. The molecular formula is C17H10F3NO4. The standard InChI is InChI=1S/C17H10F3NO4/c18-17(19,20)12-7-3-4-8-13(12)25-14(22)9-21-15(23)10-5-1-2-6-11(10)16(21)24/h1-8H,9H2. The van der Waals surface area contributed by atoms with Crippen molar-refractivity contribution >= 4 is 17.8 Å². The molecular weight excluding hydrogens is 339 g/mol. The first-order valence-corrected chi connectivity index (χ1v) is 7.11. The van der Waals surface area contributed by atoms with E-state index < -0.39 is 41.8 Å². The molecule has 0 N–H and O–H groups in total. The van der Waals surface area contributed by atoms with E-state index in [1.54, 1.807) is 12.1 Å². The van der Waals surface area contributed by atoms with Gasteiger partial charge in [-0.25, -0.2) is 4.79 Å². The van der Waals surface area contributed by atoms with Gasteiger partial charge in [0.25, 0.3) is 11.8 Å². The third-order valence-corrected chi connectivity index (χ3v) is 3.58. The number of carbonyl (C=O) groups excluding carboxylic acids is 3. The SMILES string of the molecule is O=C(CN1C(=O)c2ccccc2C1=O)Oc1ccccc1C(F)(F)F. The van der Waals surface area contributed by atoms with E-state index in [4.69, 9.17) is 4.74 Å². The molecule has 1 aliphatic heterocycles. The Morgan fingerprint density at radius 2 is 1.44 bits per heavy atom. The summed E-state index contributed by atoms with van der Waals surface area (Å²) in [6.45, 7) is -0.779. The summed E-state index contributed by atoms with van der Waals surface area (Å²) in [7, 11) is 0.